The molecule has 0 saturated heterocycles. The van der Waals surface area contributed by atoms with Crippen LogP contribution in [-0.4, -0.2) is 10.1 Å². The van der Waals surface area contributed by atoms with E-state index in [-0.39, 0.29) is 0 Å². The van der Waals surface area contributed by atoms with Crippen molar-refractivity contribution in [3.8, 4) is 0 Å². The second-order valence-corrected chi connectivity index (χ2v) is 6.06. The van der Waals surface area contributed by atoms with Crippen LogP contribution in [0.5, 0.6) is 0 Å². The van der Waals surface area contributed by atoms with Crippen molar-refractivity contribution in [3.05, 3.63) is 50.0 Å². The summed E-state index contributed by atoms with van der Waals surface area (Å²) in [5.74, 6) is 0. The minimum atomic E-state index is -0.410. The molecule has 2 heterocycles. The molecule has 1 unspecified atom stereocenters. The Morgan fingerprint density at radius 1 is 1.40 bits per heavy atom. The number of aliphatic hydroxyl groups is 1. The normalized spacial score (nSPS) is 12.7. The predicted molar refractivity (Wildman–Crippen MR) is 69.9 cm³/mol. The van der Waals surface area contributed by atoms with E-state index in [0.29, 0.717) is 6.42 Å². The van der Waals surface area contributed by atoms with E-state index in [1.807, 2.05) is 23.6 Å². The van der Waals surface area contributed by atoms with E-state index < -0.39 is 6.10 Å². The number of thiophene rings is 1. The topological polar surface area (TPSA) is 33.1 Å². The maximum atomic E-state index is 9.97. The molecule has 0 aliphatic carbocycles. The Morgan fingerprint density at radius 3 is 2.73 bits per heavy atom. The molecule has 2 aromatic heterocycles. The molecular formula is C11H10INOS. The first-order chi connectivity index (χ1) is 7.25. The van der Waals surface area contributed by atoms with Gasteiger partial charge in [-0.1, -0.05) is 0 Å². The largest absolute Gasteiger partial charge is 0.388 e. The molecule has 0 radical (unpaired) electrons. The highest BCUT2D eigenvalue weighted by molar-refractivity contribution is 14.1. The number of aromatic nitrogens is 1. The Hall–Kier alpha value is -0.460. The molecule has 0 fully saturated rings. The first kappa shape index (κ1) is 11.0. The molecule has 0 bridgehead atoms. The van der Waals surface area contributed by atoms with Gasteiger partial charge in [-0.25, -0.2) is 0 Å². The standard InChI is InChI=1S/C11H10INOS/c12-11-6-9(7-15-11)10(14)5-8-1-3-13-4-2-8/h1-4,6-7,10,14H,5H2. The summed E-state index contributed by atoms with van der Waals surface area (Å²) in [7, 11) is 0. The maximum Gasteiger partial charge on any atom is 0.0838 e. The third kappa shape index (κ3) is 2.99. The van der Waals surface area contributed by atoms with Crippen molar-refractivity contribution in [1.82, 2.24) is 4.98 Å². The summed E-state index contributed by atoms with van der Waals surface area (Å²) in [5, 5.41) is 12.0. The fourth-order valence-electron chi connectivity index (χ4n) is 1.36. The van der Waals surface area contributed by atoms with Crippen LogP contribution >= 0.6 is 33.9 Å². The van der Waals surface area contributed by atoms with Crippen LogP contribution in [0.25, 0.3) is 0 Å². The van der Waals surface area contributed by atoms with Gasteiger partial charge in [-0.05, 0) is 57.3 Å². The minimum Gasteiger partial charge on any atom is -0.388 e. The van der Waals surface area contributed by atoms with Crippen LogP contribution in [0, 0.1) is 2.88 Å². The van der Waals surface area contributed by atoms with Gasteiger partial charge in [0.05, 0.1) is 8.99 Å². The van der Waals surface area contributed by atoms with E-state index in [9.17, 15) is 5.11 Å². The van der Waals surface area contributed by atoms with E-state index in [2.05, 4.69) is 27.6 Å². The van der Waals surface area contributed by atoms with Gasteiger partial charge < -0.3 is 5.11 Å². The Bertz CT molecular complexity index is 429. The fourth-order valence-corrected chi connectivity index (χ4v) is 2.78. The molecule has 0 aromatic carbocycles. The molecule has 2 rings (SSSR count). The van der Waals surface area contributed by atoms with E-state index in [1.165, 1.54) is 2.88 Å². The lowest BCUT2D eigenvalue weighted by atomic mass is 10.1. The van der Waals surface area contributed by atoms with Gasteiger partial charge in [0.15, 0.2) is 0 Å². The second kappa shape index (κ2) is 5.05. The van der Waals surface area contributed by atoms with Crippen LogP contribution in [-0.2, 0) is 6.42 Å². The fraction of sp³-hybridized carbons (Fsp3) is 0.182. The lowest BCUT2D eigenvalue weighted by Gasteiger charge is -2.08. The van der Waals surface area contributed by atoms with Gasteiger partial charge in [0.1, 0.15) is 0 Å². The van der Waals surface area contributed by atoms with Gasteiger partial charge in [0.25, 0.3) is 0 Å². The van der Waals surface area contributed by atoms with Crippen LogP contribution in [0.2, 0.25) is 0 Å². The number of pyridine rings is 1. The van der Waals surface area contributed by atoms with Crippen molar-refractivity contribution in [2.75, 3.05) is 0 Å². The Kier molecular flexibility index (Phi) is 3.71. The lowest BCUT2D eigenvalue weighted by Crippen LogP contribution is -2.00. The second-order valence-electron chi connectivity index (χ2n) is 3.26. The molecule has 0 spiro atoms. The van der Waals surface area contributed by atoms with Crippen molar-refractivity contribution in [1.29, 1.82) is 0 Å². The average molecular weight is 331 g/mol. The van der Waals surface area contributed by atoms with Crippen LogP contribution < -0.4 is 0 Å². The highest BCUT2D eigenvalue weighted by Gasteiger charge is 2.09. The summed E-state index contributed by atoms with van der Waals surface area (Å²) in [6.07, 6.45) is 3.74. The molecule has 1 atom stereocenters. The third-order valence-corrected chi connectivity index (χ3v) is 3.96. The molecule has 2 aromatic rings. The molecule has 0 saturated carbocycles. The van der Waals surface area contributed by atoms with Gasteiger partial charge in [-0.3, -0.25) is 4.98 Å². The number of halogens is 1. The summed E-state index contributed by atoms with van der Waals surface area (Å²) >= 11 is 3.92. The van der Waals surface area contributed by atoms with E-state index in [4.69, 9.17) is 0 Å². The molecule has 1 N–H and O–H groups in total. The predicted octanol–water partition coefficient (Wildman–Crippen LogP) is 3.02. The molecule has 0 aliphatic heterocycles. The van der Waals surface area contributed by atoms with E-state index in [1.54, 1.807) is 23.7 Å². The highest BCUT2D eigenvalue weighted by atomic mass is 127. The summed E-state index contributed by atoms with van der Waals surface area (Å²) in [4.78, 5) is 3.95. The Balaban J connectivity index is 2.07. The zero-order chi connectivity index (χ0) is 10.7. The van der Waals surface area contributed by atoms with Crippen molar-refractivity contribution in [2.24, 2.45) is 0 Å². The van der Waals surface area contributed by atoms with Crippen molar-refractivity contribution in [3.63, 3.8) is 0 Å². The van der Waals surface area contributed by atoms with Crippen molar-refractivity contribution < 1.29 is 5.11 Å². The molecule has 15 heavy (non-hydrogen) atoms. The zero-order valence-electron chi connectivity index (χ0n) is 7.93. The summed E-state index contributed by atoms with van der Waals surface area (Å²) in [6, 6.07) is 5.89. The molecule has 0 aliphatic rings. The smallest absolute Gasteiger partial charge is 0.0838 e. The molecule has 4 heteroatoms. The van der Waals surface area contributed by atoms with Gasteiger partial charge in [-0.2, -0.15) is 0 Å². The van der Waals surface area contributed by atoms with E-state index >= 15 is 0 Å². The quantitative estimate of drug-likeness (QED) is 0.877. The Morgan fingerprint density at radius 2 is 2.13 bits per heavy atom. The molecule has 78 valence electrons. The van der Waals surface area contributed by atoms with Crippen LogP contribution in [0.15, 0.2) is 36.0 Å². The first-order valence-electron chi connectivity index (χ1n) is 4.56. The van der Waals surface area contributed by atoms with Crippen LogP contribution in [0.1, 0.15) is 17.2 Å². The third-order valence-electron chi connectivity index (χ3n) is 2.15. The average Bonchev–Trinajstić information content (AvgIpc) is 2.66. The van der Waals surface area contributed by atoms with Crippen molar-refractivity contribution >= 4 is 33.9 Å². The van der Waals surface area contributed by atoms with Gasteiger partial charge in [-0.15, -0.1) is 11.3 Å². The number of rotatable bonds is 3. The van der Waals surface area contributed by atoms with E-state index in [0.717, 1.165) is 11.1 Å². The van der Waals surface area contributed by atoms with Gasteiger partial charge in [0, 0.05) is 18.8 Å². The SMILES string of the molecule is OC(Cc1ccncc1)c1csc(I)c1. The van der Waals surface area contributed by atoms with Crippen LogP contribution in [0.4, 0.5) is 0 Å². The number of aliphatic hydroxyl groups excluding tert-OH is 1. The highest BCUT2D eigenvalue weighted by Crippen LogP contribution is 2.24. The van der Waals surface area contributed by atoms with Gasteiger partial charge in [0.2, 0.25) is 0 Å². The molecule has 0 amide bonds. The number of nitrogens with zero attached hydrogens (tertiary/aromatic N) is 1. The summed E-state index contributed by atoms with van der Waals surface area (Å²) in [6.45, 7) is 0. The Labute approximate surface area is 106 Å². The first-order valence-corrected chi connectivity index (χ1v) is 6.52. The minimum absolute atomic E-state index is 0.410. The van der Waals surface area contributed by atoms with Crippen molar-refractivity contribution in [2.45, 2.75) is 12.5 Å². The summed E-state index contributed by atoms with van der Waals surface area (Å²) < 4.78 is 1.20. The number of hydrogen-bond acceptors (Lipinski definition) is 3. The lowest BCUT2D eigenvalue weighted by molar-refractivity contribution is 0.179. The van der Waals surface area contributed by atoms with Crippen LogP contribution in [0.3, 0.4) is 0 Å². The summed E-state index contributed by atoms with van der Waals surface area (Å²) in [5.41, 5.74) is 2.11. The van der Waals surface area contributed by atoms with Gasteiger partial charge >= 0.3 is 0 Å². The zero-order valence-corrected chi connectivity index (χ0v) is 10.9. The molecule has 2 nitrogen and oxygen atoms in total. The molecular weight excluding hydrogens is 321 g/mol. The maximum absolute atomic E-state index is 9.97. The number of hydrogen-bond donors (Lipinski definition) is 1. The monoisotopic (exact) mass is 331 g/mol.